The summed E-state index contributed by atoms with van der Waals surface area (Å²) in [7, 11) is 0. The Bertz CT molecular complexity index is 1310. The molecule has 4 nitrogen and oxygen atoms in total. The number of anilines is 2. The largest absolute Gasteiger partial charge is 0.396 e. The Morgan fingerprint density at radius 2 is 1.47 bits per heavy atom. The first-order chi connectivity index (χ1) is 16.8. The molecule has 3 rings (SSSR count). The van der Waals surface area contributed by atoms with Crippen LogP contribution in [0.3, 0.4) is 0 Å². The summed E-state index contributed by atoms with van der Waals surface area (Å²) in [6.45, 7) is 0. The number of alkyl halides is 3. The molecule has 0 fully saturated rings. The number of hydrogen-bond donors (Lipinski definition) is 2. The van der Waals surface area contributed by atoms with Gasteiger partial charge in [0.2, 0.25) is 5.91 Å². The van der Waals surface area contributed by atoms with Gasteiger partial charge in [0.25, 0.3) is 5.91 Å². The van der Waals surface area contributed by atoms with Gasteiger partial charge in [-0.2, -0.15) is 13.2 Å². The van der Waals surface area contributed by atoms with Crippen molar-refractivity contribution in [2.75, 3.05) is 10.6 Å². The van der Waals surface area contributed by atoms with Gasteiger partial charge < -0.3 is 10.6 Å². The van der Waals surface area contributed by atoms with Gasteiger partial charge in [-0.15, -0.1) is 0 Å². The van der Waals surface area contributed by atoms with Crippen molar-refractivity contribution < 1.29 is 35.9 Å². The molecule has 3 aromatic rings. The minimum Gasteiger partial charge on any atom is -0.326 e. The molecule has 1 atom stereocenters. The highest BCUT2D eigenvalue weighted by molar-refractivity contribution is 6.35. The van der Waals surface area contributed by atoms with Gasteiger partial charge in [0.1, 0.15) is 11.6 Å². The molecule has 0 aliphatic rings. The maximum absolute atomic E-state index is 13.8. The summed E-state index contributed by atoms with van der Waals surface area (Å²) >= 11 is 17.2. The molecule has 0 aromatic heterocycles. The smallest absolute Gasteiger partial charge is 0.326 e. The van der Waals surface area contributed by atoms with Crippen molar-refractivity contribution in [3.8, 4) is 0 Å². The Morgan fingerprint density at radius 1 is 0.833 bits per heavy atom. The van der Waals surface area contributed by atoms with Gasteiger partial charge in [-0.25, -0.2) is 13.2 Å². The Morgan fingerprint density at radius 3 is 2.06 bits per heavy atom. The maximum Gasteiger partial charge on any atom is 0.396 e. The van der Waals surface area contributed by atoms with Crippen LogP contribution in [0.15, 0.2) is 48.5 Å². The summed E-state index contributed by atoms with van der Waals surface area (Å²) in [5, 5.41) is 3.01. The van der Waals surface area contributed by atoms with Gasteiger partial charge in [-0.1, -0.05) is 34.8 Å². The molecule has 0 bridgehead atoms. The number of rotatable bonds is 6. The van der Waals surface area contributed by atoms with E-state index in [1.807, 2.05) is 0 Å². The van der Waals surface area contributed by atoms with Gasteiger partial charge in [0.05, 0.1) is 32.2 Å². The molecule has 0 radical (unpaired) electrons. The first-order valence-corrected chi connectivity index (χ1v) is 11.0. The zero-order chi connectivity index (χ0) is 26.8. The molecule has 1 unspecified atom stereocenters. The lowest BCUT2D eigenvalue weighted by Crippen LogP contribution is -2.26. The number of carbonyl (C=O) groups excluding carboxylic acids is 2. The summed E-state index contributed by atoms with van der Waals surface area (Å²) in [6, 6.07) is 7.37. The van der Waals surface area contributed by atoms with Crippen molar-refractivity contribution in [3.05, 3.63) is 92.2 Å². The van der Waals surface area contributed by atoms with Crippen LogP contribution in [0.25, 0.3) is 0 Å². The lowest BCUT2D eigenvalue weighted by Gasteiger charge is -2.21. The van der Waals surface area contributed by atoms with E-state index in [9.17, 15) is 35.9 Å². The normalized spacial score (nSPS) is 12.2. The third-order valence-corrected chi connectivity index (χ3v) is 5.75. The van der Waals surface area contributed by atoms with Crippen LogP contribution >= 0.6 is 34.8 Å². The molecule has 0 heterocycles. The SMILES string of the molecule is O=C(CC(c1cc(Cl)c(F)c(Cl)c1)C(F)(F)F)Nc1ccc(Cl)c(C(=O)Nc2ccc(F)cc2F)c1. The topological polar surface area (TPSA) is 58.2 Å². The molecule has 0 saturated heterocycles. The number of benzene rings is 3. The van der Waals surface area contributed by atoms with Crippen molar-refractivity contribution in [1.29, 1.82) is 0 Å². The molecule has 0 aliphatic carbocycles. The molecular formula is C23H13Cl3F6N2O2. The van der Waals surface area contributed by atoms with Crippen molar-refractivity contribution >= 4 is 58.0 Å². The van der Waals surface area contributed by atoms with E-state index in [4.69, 9.17) is 34.8 Å². The van der Waals surface area contributed by atoms with Crippen molar-refractivity contribution in [1.82, 2.24) is 0 Å². The number of carbonyl (C=O) groups is 2. The molecule has 190 valence electrons. The molecule has 3 aromatic carbocycles. The fraction of sp³-hybridized carbons (Fsp3) is 0.130. The maximum atomic E-state index is 13.8. The molecule has 2 N–H and O–H groups in total. The minimum atomic E-state index is -4.91. The van der Waals surface area contributed by atoms with Gasteiger partial charge in [-0.3, -0.25) is 9.59 Å². The van der Waals surface area contributed by atoms with Gasteiger partial charge in [-0.05, 0) is 48.0 Å². The van der Waals surface area contributed by atoms with Crippen LogP contribution in [0.4, 0.5) is 37.7 Å². The Kier molecular flexibility index (Phi) is 8.43. The average molecular weight is 570 g/mol. The number of nitrogens with one attached hydrogen (secondary N) is 2. The summed E-state index contributed by atoms with van der Waals surface area (Å²) in [4.78, 5) is 25.0. The highest BCUT2D eigenvalue weighted by Crippen LogP contribution is 2.40. The van der Waals surface area contributed by atoms with E-state index in [0.29, 0.717) is 6.07 Å². The zero-order valence-electron chi connectivity index (χ0n) is 17.6. The van der Waals surface area contributed by atoms with Gasteiger partial charge in [0.15, 0.2) is 5.82 Å². The van der Waals surface area contributed by atoms with Crippen LogP contribution in [-0.4, -0.2) is 18.0 Å². The summed E-state index contributed by atoms with van der Waals surface area (Å²) in [6.07, 6.45) is -6.03. The van der Waals surface area contributed by atoms with Crippen molar-refractivity contribution in [2.24, 2.45) is 0 Å². The summed E-state index contributed by atoms with van der Waals surface area (Å²) < 4.78 is 81.5. The molecule has 36 heavy (non-hydrogen) atoms. The highest BCUT2D eigenvalue weighted by atomic mass is 35.5. The first-order valence-electron chi connectivity index (χ1n) is 9.83. The van der Waals surface area contributed by atoms with E-state index in [1.54, 1.807) is 0 Å². The molecule has 0 aliphatic heterocycles. The van der Waals surface area contributed by atoms with E-state index < -0.39 is 63.4 Å². The third-order valence-electron chi connectivity index (χ3n) is 4.87. The fourth-order valence-corrected chi connectivity index (χ4v) is 3.86. The van der Waals surface area contributed by atoms with E-state index >= 15 is 0 Å². The van der Waals surface area contributed by atoms with Crippen molar-refractivity contribution in [3.63, 3.8) is 0 Å². The van der Waals surface area contributed by atoms with Crippen LogP contribution in [0.2, 0.25) is 15.1 Å². The Hall–Kier alpha value is -2.95. The Labute approximate surface area is 215 Å². The van der Waals surface area contributed by atoms with Crippen LogP contribution in [-0.2, 0) is 4.79 Å². The predicted octanol–water partition coefficient (Wildman–Crippen LogP) is 7.99. The van der Waals surface area contributed by atoms with E-state index in [0.717, 1.165) is 30.3 Å². The lowest BCUT2D eigenvalue weighted by molar-refractivity contribution is -0.155. The number of amides is 2. The first kappa shape index (κ1) is 27.6. The highest BCUT2D eigenvalue weighted by Gasteiger charge is 2.42. The zero-order valence-corrected chi connectivity index (χ0v) is 19.9. The molecule has 0 spiro atoms. The van der Waals surface area contributed by atoms with Gasteiger partial charge >= 0.3 is 6.18 Å². The van der Waals surface area contributed by atoms with Crippen LogP contribution in [0.5, 0.6) is 0 Å². The van der Waals surface area contributed by atoms with Gasteiger partial charge in [0, 0.05) is 18.2 Å². The Balaban J connectivity index is 1.80. The predicted molar refractivity (Wildman–Crippen MR) is 124 cm³/mol. The second-order valence-corrected chi connectivity index (χ2v) is 8.64. The van der Waals surface area contributed by atoms with Crippen molar-refractivity contribution in [2.45, 2.75) is 18.5 Å². The molecule has 13 heteroatoms. The second kappa shape index (κ2) is 11.0. The van der Waals surface area contributed by atoms with E-state index in [2.05, 4.69) is 10.6 Å². The standard InChI is InChI=1S/C23H13Cl3F6N2O2/c24-15-3-2-12(8-13(15)22(36)34-19-4-1-11(27)7-18(19)28)33-20(35)9-14(23(30,31)32)10-5-16(25)21(29)17(26)6-10/h1-8,14H,9H2,(H,33,35)(H,34,36). The monoisotopic (exact) mass is 568 g/mol. The molecular weight excluding hydrogens is 557 g/mol. The van der Waals surface area contributed by atoms with E-state index in [-0.39, 0.29) is 22.0 Å². The van der Waals surface area contributed by atoms with Crippen LogP contribution in [0.1, 0.15) is 28.3 Å². The summed E-state index contributed by atoms with van der Waals surface area (Å²) in [5.41, 5.74) is -1.21. The second-order valence-electron chi connectivity index (χ2n) is 7.42. The third kappa shape index (κ3) is 6.63. The number of hydrogen-bond acceptors (Lipinski definition) is 2. The van der Waals surface area contributed by atoms with Crippen LogP contribution in [0, 0.1) is 17.5 Å². The van der Waals surface area contributed by atoms with E-state index in [1.165, 1.54) is 12.1 Å². The van der Waals surface area contributed by atoms with Crippen LogP contribution < -0.4 is 10.6 Å². The minimum absolute atomic E-state index is 0.0924. The quantitative estimate of drug-likeness (QED) is 0.234. The molecule has 0 saturated carbocycles. The summed E-state index contributed by atoms with van der Waals surface area (Å²) in [5.74, 6) is -7.42. The fourth-order valence-electron chi connectivity index (χ4n) is 3.15. The average Bonchev–Trinajstić information content (AvgIpc) is 2.78. The number of halogens is 9. The molecule has 2 amide bonds. The lowest BCUT2D eigenvalue weighted by atomic mass is 9.94.